The molecule has 0 aliphatic rings. The molecule has 1 heterocycles. The number of ether oxygens (including phenoxy) is 2. The molecular formula is C23H26N2O3S. The van der Waals surface area contributed by atoms with Crippen LogP contribution < -0.4 is 14.8 Å². The van der Waals surface area contributed by atoms with Crippen molar-refractivity contribution in [2.75, 3.05) is 19.0 Å². The Kier molecular flexibility index (Phi) is 6.54. The van der Waals surface area contributed by atoms with Crippen LogP contribution in [-0.2, 0) is 4.79 Å². The molecule has 2 aromatic carbocycles. The number of hydrogen-bond acceptors (Lipinski definition) is 5. The summed E-state index contributed by atoms with van der Waals surface area (Å²) >= 11 is 1.45. The smallest absolute Gasteiger partial charge is 0.264 e. The molecule has 1 N–H and O–H groups in total. The highest BCUT2D eigenvalue weighted by Gasteiger charge is 2.14. The first-order chi connectivity index (χ1) is 13.9. The Balaban J connectivity index is 1.65. The van der Waals surface area contributed by atoms with Crippen molar-refractivity contribution in [2.24, 2.45) is 0 Å². The summed E-state index contributed by atoms with van der Waals surface area (Å²) in [4.78, 5) is 17.9. The zero-order valence-electron chi connectivity index (χ0n) is 17.4. The van der Waals surface area contributed by atoms with E-state index in [-0.39, 0.29) is 12.5 Å². The van der Waals surface area contributed by atoms with Gasteiger partial charge in [0.05, 0.1) is 12.8 Å². The average Bonchev–Trinajstić information content (AvgIpc) is 3.06. The maximum absolute atomic E-state index is 12.3. The maximum atomic E-state index is 12.3. The highest BCUT2D eigenvalue weighted by Crippen LogP contribution is 2.32. The summed E-state index contributed by atoms with van der Waals surface area (Å²) in [6.07, 6.45) is 0. The fourth-order valence-electron chi connectivity index (χ4n) is 3.01. The lowest BCUT2D eigenvalue weighted by Crippen LogP contribution is -2.20. The number of carbonyl (C=O) groups excluding carboxylic acids is 1. The van der Waals surface area contributed by atoms with E-state index >= 15 is 0 Å². The molecule has 0 saturated heterocycles. The van der Waals surface area contributed by atoms with Crippen LogP contribution in [0.4, 0.5) is 5.13 Å². The second-order valence-corrected chi connectivity index (χ2v) is 8.38. The molecule has 0 atom stereocenters. The zero-order chi connectivity index (χ0) is 21.0. The van der Waals surface area contributed by atoms with Gasteiger partial charge < -0.3 is 9.47 Å². The van der Waals surface area contributed by atoms with Crippen molar-refractivity contribution < 1.29 is 14.3 Å². The zero-order valence-corrected chi connectivity index (χ0v) is 18.2. The number of aryl methyl sites for hydroxylation is 2. The summed E-state index contributed by atoms with van der Waals surface area (Å²) < 4.78 is 11.0. The molecule has 0 saturated carbocycles. The number of methoxy groups -OCH3 is 1. The number of amides is 1. The Morgan fingerprint density at radius 2 is 1.97 bits per heavy atom. The molecule has 0 radical (unpaired) electrons. The second kappa shape index (κ2) is 9.09. The molecular weight excluding hydrogens is 384 g/mol. The molecule has 152 valence electrons. The van der Waals surface area contributed by atoms with Gasteiger partial charge >= 0.3 is 0 Å². The summed E-state index contributed by atoms with van der Waals surface area (Å²) in [5.41, 5.74) is 4.08. The summed E-state index contributed by atoms with van der Waals surface area (Å²) in [6.45, 7) is 8.18. The summed E-state index contributed by atoms with van der Waals surface area (Å²) in [5, 5.41) is 3.40. The molecule has 0 fully saturated rings. The highest BCUT2D eigenvalue weighted by atomic mass is 32.1. The molecule has 3 aromatic rings. The molecule has 6 heteroatoms. The van der Waals surface area contributed by atoms with Crippen LogP contribution in [0.3, 0.4) is 0 Å². The molecule has 0 aliphatic heterocycles. The number of carbonyl (C=O) groups is 1. The monoisotopic (exact) mass is 410 g/mol. The number of aromatic nitrogens is 1. The Bertz CT molecular complexity index is 1010. The maximum Gasteiger partial charge on any atom is 0.264 e. The molecule has 0 bridgehead atoms. The summed E-state index contributed by atoms with van der Waals surface area (Å²) in [6, 6.07) is 13.8. The van der Waals surface area contributed by atoms with Crippen molar-refractivity contribution in [3.8, 4) is 22.8 Å². The first-order valence-corrected chi connectivity index (χ1v) is 10.3. The van der Waals surface area contributed by atoms with Crippen LogP contribution in [0.25, 0.3) is 11.3 Å². The summed E-state index contributed by atoms with van der Waals surface area (Å²) in [5.74, 6) is 1.71. The van der Waals surface area contributed by atoms with Gasteiger partial charge in [0.15, 0.2) is 11.7 Å². The quantitative estimate of drug-likeness (QED) is 0.553. The molecule has 29 heavy (non-hydrogen) atoms. The van der Waals surface area contributed by atoms with Crippen molar-refractivity contribution in [3.63, 3.8) is 0 Å². The van der Waals surface area contributed by atoms with E-state index in [2.05, 4.69) is 30.2 Å². The summed E-state index contributed by atoms with van der Waals surface area (Å²) in [7, 11) is 1.66. The number of hydrogen-bond donors (Lipinski definition) is 1. The van der Waals surface area contributed by atoms with E-state index in [1.54, 1.807) is 7.11 Å². The number of nitrogens with zero attached hydrogens (tertiary/aromatic N) is 1. The van der Waals surface area contributed by atoms with Crippen molar-refractivity contribution in [1.29, 1.82) is 0 Å². The van der Waals surface area contributed by atoms with Gasteiger partial charge in [0.25, 0.3) is 5.91 Å². The van der Waals surface area contributed by atoms with Crippen LogP contribution in [0.15, 0.2) is 42.5 Å². The first kappa shape index (κ1) is 20.9. The largest absolute Gasteiger partial charge is 0.496 e. The van der Waals surface area contributed by atoms with Gasteiger partial charge in [-0.25, -0.2) is 4.98 Å². The Labute approximate surface area is 175 Å². The van der Waals surface area contributed by atoms with E-state index in [1.165, 1.54) is 16.9 Å². The minimum absolute atomic E-state index is 0.0584. The molecule has 5 nitrogen and oxygen atoms in total. The second-order valence-electron chi connectivity index (χ2n) is 7.17. The molecule has 0 aliphatic carbocycles. The molecule has 1 amide bonds. The molecule has 1 aromatic heterocycles. The van der Waals surface area contributed by atoms with E-state index in [0.29, 0.717) is 16.8 Å². The Morgan fingerprint density at radius 1 is 1.17 bits per heavy atom. The molecule has 3 rings (SSSR count). The van der Waals surface area contributed by atoms with Crippen LogP contribution in [0.5, 0.6) is 11.5 Å². The van der Waals surface area contributed by atoms with Crippen LogP contribution >= 0.6 is 11.3 Å². The fraction of sp³-hybridized carbons (Fsp3) is 0.304. The average molecular weight is 411 g/mol. The van der Waals surface area contributed by atoms with E-state index in [0.717, 1.165) is 27.4 Å². The first-order valence-electron chi connectivity index (χ1n) is 9.52. The predicted molar refractivity (Wildman–Crippen MR) is 118 cm³/mol. The SMILES string of the molecule is COc1ccc(-c2nc(NC(=O)COc3cccc(C(C)C)c3)sc2C)cc1C. The van der Waals surface area contributed by atoms with E-state index in [4.69, 9.17) is 9.47 Å². The van der Waals surface area contributed by atoms with Gasteiger partial charge in [0.1, 0.15) is 11.5 Å². The third-order valence-electron chi connectivity index (χ3n) is 4.61. The van der Waals surface area contributed by atoms with Gasteiger partial charge in [-0.05, 0) is 61.2 Å². The minimum atomic E-state index is -0.230. The van der Waals surface area contributed by atoms with Gasteiger partial charge in [0.2, 0.25) is 0 Å². The third-order valence-corrected chi connectivity index (χ3v) is 5.49. The third kappa shape index (κ3) is 5.15. The lowest BCUT2D eigenvalue weighted by molar-refractivity contribution is -0.118. The topological polar surface area (TPSA) is 60.5 Å². The van der Waals surface area contributed by atoms with Crippen molar-refractivity contribution in [3.05, 3.63) is 58.5 Å². The van der Waals surface area contributed by atoms with E-state index < -0.39 is 0 Å². The van der Waals surface area contributed by atoms with Crippen LogP contribution in [0.2, 0.25) is 0 Å². The van der Waals surface area contributed by atoms with Crippen molar-refractivity contribution in [2.45, 2.75) is 33.6 Å². The number of thiazole rings is 1. The lowest BCUT2D eigenvalue weighted by Gasteiger charge is -2.09. The Hall–Kier alpha value is -2.86. The van der Waals surface area contributed by atoms with Crippen LogP contribution in [0, 0.1) is 13.8 Å². The highest BCUT2D eigenvalue weighted by molar-refractivity contribution is 7.16. The number of anilines is 1. The van der Waals surface area contributed by atoms with Gasteiger partial charge in [-0.2, -0.15) is 0 Å². The van der Waals surface area contributed by atoms with Gasteiger partial charge in [-0.3, -0.25) is 10.1 Å². The van der Waals surface area contributed by atoms with Gasteiger partial charge in [-0.1, -0.05) is 26.0 Å². The van der Waals surface area contributed by atoms with E-state index in [1.807, 2.05) is 50.2 Å². The molecule has 0 spiro atoms. The van der Waals surface area contributed by atoms with Crippen molar-refractivity contribution >= 4 is 22.4 Å². The van der Waals surface area contributed by atoms with Gasteiger partial charge in [0, 0.05) is 10.4 Å². The minimum Gasteiger partial charge on any atom is -0.496 e. The number of rotatable bonds is 7. The van der Waals surface area contributed by atoms with Crippen molar-refractivity contribution in [1.82, 2.24) is 4.98 Å². The Morgan fingerprint density at radius 3 is 2.66 bits per heavy atom. The van der Waals surface area contributed by atoms with Crippen LogP contribution in [-0.4, -0.2) is 24.6 Å². The van der Waals surface area contributed by atoms with E-state index in [9.17, 15) is 4.79 Å². The van der Waals surface area contributed by atoms with Gasteiger partial charge in [-0.15, -0.1) is 11.3 Å². The van der Waals surface area contributed by atoms with Crippen LogP contribution in [0.1, 0.15) is 35.8 Å². The predicted octanol–water partition coefficient (Wildman–Crippen LogP) is 5.58. The fourth-order valence-corrected chi connectivity index (χ4v) is 3.86. The number of nitrogens with one attached hydrogen (secondary N) is 1. The lowest BCUT2D eigenvalue weighted by atomic mass is 10.0. The standard InChI is InChI=1S/C23H26N2O3S/c1-14(2)17-7-6-8-19(12-17)28-13-21(26)24-23-25-22(16(4)29-23)18-9-10-20(27-5)15(3)11-18/h6-12,14H,13H2,1-5H3,(H,24,25,26). The number of benzene rings is 2. The molecule has 0 unspecified atom stereocenters. The normalized spacial score (nSPS) is 10.8.